The van der Waals surface area contributed by atoms with Crippen molar-refractivity contribution >= 4 is 29.1 Å². The molecule has 134 valence electrons. The number of nitro benzene ring substituents is 1. The van der Waals surface area contributed by atoms with Gasteiger partial charge in [-0.1, -0.05) is 18.2 Å². The molecule has 0 aromatic heterocycles. The summed E-state index contributed by atoms with van der Waals surface area (Å²) in [7, 11) is 3.94. The number of anilines is 1. The van der Waals surface area contributed by atoms with Crippen molar-refractivity contribution in [3.8, 4) is 0 Å². The molecular formula is C18H20N6O2. The smallest absolute Gasteiger partial charge is 0.269 e. The Morgan fingerprint density at radius 2 is 1.65 bits per heavy atom. The topological polar surface area (TPSA) is 123 Å². The van der Waals surface area contributed by atoms with Crippen LogP contribution in [0.15, 0.2) is 64.8 Å². The van der Waals surface area contributed by atoms with Gasteiger partial charge in [0.15, 0.2) is 0 Å². The molecule has 0 aliphatic rings. The van der Waals surface area contributed by atoms with E-state index in [2.05, 4.69) is 10.2 Å². The molecule has 2 aromatic carbocycles. The molecule has 0 fully saturated rings. The maximum atomic E-state index is 10.8. The van der Waals surface area contributed by atoms with Gasteiger partial charge in [-0.3, -0.25) is 10.1 Å². The van der Waals surface area contributed by atoms with Crippen molar-refractivity contribution in [2.24, 2.45) is 21.7 Å². The van der Waals surface area contributed by atoms with Gasteiger partial charge in [0, 0.05) is 37.5 Å². The van der Waals surface area contributed by atoms with E-state index in [4.69, 9.17) is 11.5 Å². The lowest BCUT2D eigenvalue weighted by Crippen LogP contribution is -2.22. The Morgan fingerprint density at radius 3 is 2.15 bits per heavy atom. The molecule has 26 heavy (non-hydrogen) atoms. The number of hydrogen-bond donors (Lipinski definition) is 2. The Labute approximate surface area is 151 Å². The fourth-order valence-electron chi connectivity index (χ4n) is 2.11. The minimum atomic E-state index is -0.460. The summed E-state index contributed by atoms with van der Waals surface area (Å²) in [5.41, 5.74) is 13.9. The van der Waals surface area contributed by atoms with E-state index in [1.807, 2.05) is 49.3 Å². The van der Waals surface area contributed by atoms with Crippen molar-refractivity contribution in [1.82, 2.24) is 0 Å². The molecular weight excluding hydrogens is 332 g/mol. The van der Waals surface area contributed by atoms with Crippen molar-refractivity contribution in [1.29, 1.82) is 0 Å². The summed E-state index contributed by atoms with van der Waals surface area (Å²) in [5.74, 6) is -0.173. The molecule has 0 spiro atoms. The third-order valence-corrected chi connectivity index (χ3v) is 3.49. The van der Waals surface area contributed by atoms with E-state index in [1.165, 1.54) is 12.1 Å². The van der Waals surface area contributed by atoms with Gasteiger partial charge in [0.05, 0.1) is 10.6 Å². The number of non-ortho nitro benzene ring substituents is 1. The molecule has 0 atom stereocenters. The predicted molar refractivity (Wildman–Crippen MR) is 105 cm³/mol. The molecule has 0 heterocycles. The first-order chi connectivity index (χ1) is 12.4. The first kappa shape index (κ1) is 18.7. The van der Waals surface area contributed by atoms with Crippen LogP contribution in [0.4, 0.5) is 11.4 Å². The number of guanidine groups is 1. The molecule has 8 heteroatoms. The van der Waals surface area contributed by atoms with Crippen LogP contribution in [0.3, 0.4) is 0 Å². The first-order valence-corrected chi connectivity index (χ1v) is 7.73. The lowest BCUT2D eigenvalue weighted by Gasteiger charge is -2.11. The van der Waals surface area contributed by atoms with Crippen LogP contribution in [-0.2, 0) is 0 Å². The Bertz CT molecular complexity index is 848. The number of benzene rings is 2. The Balaban J connectivity index is 2.31. The SMILES string of the molecule is CN(C)c1ccc(/C=C/C(=N/N=C(N)N)c2ccc([N+](=O)[O-])cc2)cc1. The molecule has 0 aliphatic heterocycles. The zero-order valence-electron chi connectivity index (χ0n) is 14.5. The van der Waals surface area contributed by atoms with Crippen LogP contribution < -0.4 is 16.4 Å². The molecule has 0 saturated heterocycles. The number of nitro groups is 1. The van der Waals surface area contributed by atoms with Gasteiger partial charge in [-0.15, -0.1) is 10.2 Å². The summed E-state index contributed by atoms with van der Waals surface area (Å²) in [6, 6.07) is 13.9. The van der Waals surface area contributed by atoms with Gasteiger partial charge in [0.1, 0.15) is 0 Å². The third-order valence-electron chi connectivity index (χ3n) is 3.49. The number of rotatable bonds is 6. The average molecular weight is 352 g/mol. The van der Waals surface area contributed by atoms with E-state index in [0.29, 0.717) is 11.3 Å². The monoisotopic (exact) mass is 352 g/mol. The molecule has 2 aromatic rings. The number of allylic oxidation sites excluding steroid dienone is 1. The summed E-state index contributed by atoms with van der Waals surface area (Å²) in [6.07, 6.45) is 3.61. The maximum absolute atomic E-state index is 10.8. The molecule has 0 aliphatic carbocycles. The molecule has 0 bridgehead atoms. The standard InChI is InChI=1S/C18H20N6O2/c1-23(2)15-8-3-13(4-9-15)5-12-17(21-22-18(19)20)14-6-10-16(11-7-14)24(25)26/h3-12H,1-2H3,(H4,19,20,22)/b12-5+,21-17-. The highest BCUT2D eigenvalue weighted by molar-refractivity contribution is 6.11. The summed E-state index contributed by atoms with van der Waals surface area (Å²) < 4.78 is 0. The molecule has 0 saturated carbocycles. The van der Waals surface area contributed by atoms with E-state index in [1.54, 1.807) is 18.2 Å². The van der Waals surface area contributed by atoms with E-state index < -0.39 is 4.92 Å². The Morgan fingerprint density at radius 1 is 1.04 bits per heavy atom. The third kappa shape index (κ3) is 5.17. The minimum Gasteiger partial charge on any atom is -0.378 e. The normalized spacial score (nSPS) is 11.4. The summed E-state index contributed by atoms with van der Waals surface area (Å²) >= 11 is 0. The summed E-state index contributed by atoms with van der Waals surface area (Å²) in [5, 5.41) is 18.5. The molecule has 8 nitrogen and oxygen atoms in total. The van der Waals surface area contributed by atoms with Crippen LogP contribution in [0.1, 0.15) is 11.1 Å². The van der Waals surface area contributed by atoms with Crippen molar-refractivity contribution in [2.75, 3.05) is 19.0 Å². The van der Waals surface area contributed by atoms with Crippen LogP contribution in [-0.4, -0.2) is 30.7 Å². The van der Waals surface area contributed by atoms with Gasteiger partial charge < -0.3 is 16.4 Å². The second kappa shape index (κ2) is 8.43. The number of hydrogen-bond acceptors (Lipinski definition) is 5. The van der Waals surface area contributed by atoms with E-state index >= 15 is 0 Å². The highest BCUT2D eigenvalue weighted by atomic mass is 16.6. The van der Waals surface area contributed by atoms with E-state index in [-0.39, 0.29) is 11.6 Å². The Hall–Kier alpha value is -3.68. The number of nitrogens with zero attached hydrogens (tertiary/aromatic N) is 4. The van der Waals surface area contributed by atoms with Gasteiger partial charge in [-0.2, -0.15) is 0 Å². The number of nitrogens with two attached hydrogens (primary N) is 2. The van der Waals surface area contributed by atoms with Crippen molar-refractivity contribution < 1.29 is 4.92 Å². The average Bonchev–Trinajstić information content (AvgIpc) is 2.62. The summed E-state index contributed by atoms with van der Waals surface area (Å²) in [4.78, 5) is 12.3. The van der Waals surface area contributed by atoms with E-state index in [0.717, 1.165) is 11.3 Å². The summed E-state index contributed by atoms with van der Waals surface area (Å²) in [6.45, 7) is 0. The van der Waals surface area contributed by atoms with E-state index in [9.17, 15) is 10.1 Å². The minimum absolute atomic E-state index is 0.00167. The van der Waals surface area contributed by atoms with Crippen LogP contribution >= 0.6 is 0 Å². The fourth-order valence-corrected chi connectivity index (χ4v) is 2.11. The fraction of sp³-hybridized carbons (Fsp3) is 0.111. The molecule has 0 amide bonds. The highest BCUT2D eigenvalue weighted by Gasteiger charge is 2.07. The van der Waals surface area contributed by atoms with Gasteiger partial charge in [0.2, 0.25) is 5.96 Å². The molecule has 0 unspecified atom stereocenters. The van der Waals surface area contributed by atoms with Crippen molar-refractivity contribution in [3.05, 3.63) is 75.8 Å². The van der Waals surface area contributed by atoms with Crippen molar-refractivity contribution in [2.45, 2.75) is 0 Å². The van der Waals surface area contributed by atoms with Gasteiger partial charge in [-0.25, -0.2) is 0 Å². The molecule has 4 N–H and O–H groups in total. The quantitative estimate of drug-likeness (QED) is 0.357. The van der Waals surface area contributed by atoms with Gasteiger partial charge in [-0.05, 0) is 35.9 Å². The van der Waals surface area contributed by atoms with Crippen LogP contribution in [0.5, 0.6) is 0 Å². The molecule has 0 radical (unpaired) electrons. The lowest BCUT2D eigenvalue weighted by atomic mass is 10.1. The van der Waals surface area contributed by atoms with Crippen LogP contribution in [0.2, 0.25) is 0 Å². The largest absolute Gasteiger partial charge is 0.378 e. The van der Waals surface area contributed by atoms with Crippen molar-refractivity contribution in [3.63, 3.8) is 0 Å². The second-order valence-corrected chi connectivity index (χ2v) is 5.63. The zero-order chi connectivity index (χ0) is 19.1. The van der Waals surface area contributed by atoms with Crippen LogP contribution in [0, 0.1) is 10.1 Å². The highest BCUT2D eigenvalue weighted by Crippen LogP contribution is 2.16. The van der Waals surface area contributed by atoms with Crippen LogP contribution in [0.25, 0.3) is 6.08 Å². The lowest BCUT2D eigenvalue weighted by molar-refractivity contribution is -0.384. The molecule has 2 rings (SSSR count). The van der Waals surface area contributed by atoms with Gasteiger partial charge >= 0.3 is 0 Å². The first-order valence-electron chi connectivity index (χ1n) is 7.73. The zero-order valence-corrected chi connectivity index (χ0v) is 14.5. The Kier molecular flexibility index (Phi) is 6.05. The van der Waals surface area contributed by atoms with Gasteiger partial charge in [0.25, 0.3) is 5.69 Å². The predicted octanol–water partition coefficient (Wildman–Crippen LogP) is 2.35. The maximum Gasteiger partial charge on any atom is 0.269 e. The second-order valence-electron chi connectivity index (χ2n) is 5.63.